The van der Waals surface area contributed by atoms with Crippen LogP contribution < -0.4 is 9.64 Å². The molecule has 0 saturated heterocycles. The maximum atomic E-state index is 5.87. The highest BCUT2D eigenvalue weighted by atomic mass is 127. The monoisotopic (exact) mass is 418 g/mol. The van der Waals surface area contributed by atoms with Gasteiger partial charge in [0.05, 0.1) is 11.4 Å². The van der Waals surface area contributed by atoms with E-state index in [0.717, 1.165) is 29.6 Å². The summed E-state index contributed by atoms with van der Waals surface area (Å²) in [6.45, 7) is 2.98. The van der Waals surface area contributed by atoms with Gasteiger partial charge in [-0.05, 0) is 43.3 Å². The molecule has 23 heavy (non-hydrogen) atoms. The number of fused-ring (bicyclic) bond motifs is 1. The molecule has 1 aliphatic heterocycles. The number of allylic oxidation sites excluding steroid dienone is 3. The Kier molecular flexibility index (Phi) is 6.40. The Morgan fingerprint density at radius 3 is 2.52 bits per heavy atom. The van der Waals surface area contributed by atoms with Gasteiger partial charge in [0.25, 0.3) is 0 Å². The molecule has 0 saturated carbocycles. The van der Waals surface area contributed by atoms with Crippen molar-refractivity contribution in [2.75, 3.05) is 11.4 Å². The largest absolute Gasteiger partial charge is 0.439 e. The molecule has 0 atom stereocenters. The number of benzene rings is 2. The number of ether oxygens (including phenoxy) is 1. The van der Waals surface area contributed by atoms with Crippen LogP contribution in [0.25, 0.3) is 0 Å². The van der Waals surface area contributed by atoms with Gasteiger partial charge in [0.2, 0.25) is 5.88 Å². The van der Waals surface area contributed by atoms with Crippen LogP contribution in [-0.4, -0.2) is 12.8 Å². The Morgan fingerprint density at radius 1 is 1.00 bits per heavy atom. The number of rotatable bonds is 4. The quantitative estimate of drug-likeness (QED) is 0.496. The summed E-state index contributed by atoms with van der Waals surface area (Å²) in [6.07, 6.45) is 7.59. The van der Waals surface area contributed by atoms with Gasteiger partial charge in [-0.3, -0.25) is 4.99 Å². The summed E-state index contributed by atoms with van der Waals surface area (Å²) in [5.41, 5.74) is 2.06. The minimum Gasteiger partial charge on any atom is -0.439 e. The maximum Gasteiger partial charge on any atom is 0.200 e. The van der Waals surface area contributed by atoms with E-state index >= 15 is 0 Å². The van der Waals surface area contributed by atoms with Crippen molar-refractivity contribution in [3.05, 3.63) is 78.7 Å². The van der Waals surface area contributed by atoms with Crippen molar-refractivity contribution in [2.45, 2.75) is 6.92 Å². The molecule has 0 fully saturated rings. The molecule has 1 aliphatic rings. The smallest absolute Gasteiger partial charge is 0.200 e. The Bertz CT molecular complexity index is 723. The lowest BCUT2D eigenvalue weighted by atomic mass is 10.3. The van der Waals surface area contributed by atoms with Crippen LogP contribution in [0.4, 0.5) is 11.4 Å². The summed E-state index contributed by atoms with van der Waals surface area (Å²) >= 11 is 0. The fourth-order valence-corrected chi connectivity index (χ4v) is 2.33. The van der Waals surface area contributed by atoms with Crippen molar-refractivity contribution in [1.82, 2.24) is 0 Å². The average Bonchev–Trinajstić information content (AvgIpc) is 2.93. The molecule has 1 heterocycles. The second-order valence-corrected chi connectivity index (χ2v) is 4.82. The van der Waals surface area contributed by atoms with Gasteiger partial charge in [-0.2, -0.15) is 0 Å². The van der Waals surface area contributed by atoms with Gasteiger partial charge in [0.1, 0.15) is 0 Å². The number of aliphatic imine (C=N–C) groups is 1. The zero-order valence-electron chi connectivity index (χ0n) is 12.9. The Morgan fingerprint density at radius 2 is 1.74 bits per heavy atom. The molecule has 2 aromatic rings. The van der Waals surface area contributed by atoms with Crippen LogP contribution >= 0.6 is 24.0 Å². The molecule has 0 radical (unpaired) electrons. The van der Waals surface area contributed by atoms with E-state index in [9.17, 15) is 0 Å². The van der Waals surface area contributed by atoms with E-state index in [2.05, 4.69) is 22.9 Å². The van der Waals surface area contributed by atoms with Crippen LogP contribution in [-0.2, 0) is 0 Å². The normalized spacial score (nSPS) is 15.0. The molecule has 2 aromatic carbocycles. The zero-order chi connectivity index (χ0) is 15.2. The number of hydrogen-bond donors (Lipinski definition) is 0. The van der Waals surface area contributed by atoms with Gasteiger partial charge in [-0.1, -0.05) is 36.4 Å². The first kappa shape index (κ1) is 17.3. The third kappa shape index (κ3) is 4.22. The minimum atomic E-state index is 0. The summed E-state index contributed by atoms with van der Waals surface area (Å²) < 4.78 is 5.87. The fourth-order valence-electron chi connectivity index (χ4n) is 2.33. The molecule has 0 N–H and O–H groups in total. The molecule has 0 aromatic heterocycles. The van der Waals surface area contributed by atoms with E-state index in [1.165, 1.54) is 0 Å². The van der Waals surface area contributed by atoms with Gasteiger partial charge in [0, 0.05) is 12.8 Å². The van der Waals surface area contributed by atoms with Crippen LogP contribution in [0.15, 0.2) is 83.7 Å². The summed E-state index contributed by atoms with van der Waals surface area (Å²) in [5.74, 6) is 1.75. The number of halogens is 1. The zero-order valence-corrected chi connectivity index (χ0v) is 15.3. The lowest BCUT2D eigenvalue weighted by Crippen LogP contribution is -2.18. The minimum absolute atomic E-state index is 0. The first-order valence-electron chi connectivity index (χ1n) is 7.39. The summed E-state index contributed by atoms with van der Waals surface area (Å²) in [4.78, 5) is 6.50. The molecule has 0 aliphatic carbocycles. The molecule has 4 heteroatoms. The molecule has 0 unspecified atom stereocenters. The van der Waals surface area contributed by atoms with Crippen LogP contribution in [0.5, 0.6) is 5.75 Å². The highest BCUT2D eigenvalue weighted by Gasteiger charge is 2.23. The van der Waals surface area contributed by atoms with Crippen LogP contribution in [0.3, 0.4) is 0 Å². The van der Waals surface area contributed by atoms with Gasteiger partial charge in [-0.15, -0.1) is 24.0 Å². The van der Waals surface area contributed by atoms with Crippen molar-refractivity contribution in [3.63, 3.8) is 0 Å². The maximum absolute atomic E-state index is 5.87. The van der Waals surface area contributed by atoms with Crippen molar-refractivity contribution in [2.24, 2.45) is 4.99 Å². The molecule has 0 amide bonds. The first-order valence-corrected chi connectivity index (χ1v) is 7.39. The number of anilines is 1. The standard InChI is InChI=1S/C19H18N2O.HI/c1-2-21-17-12-6-7-13-18(17)22-19(21)14-8-9-15-20-16-10-4-3-5-11-16;/h3-15H,2H2,1H3;1H. The molecular formula is C19H19IN2O. The van der Waals surface area contributed by atoms with Gasteiger partial charge in [-0.25, -0.2) is 0 Å². The average molecular weight is 418 g/mol. The molecule has 0 spiro atoms. The van der Waals surface area contributed by atoms with Crippen LogP contribution in [0.1, 0.15) is 6.92 Å². The lowest BCUT2D eigenvalue weighted by Gasteiger charge is -2.14. The molecule has 3 rings (SSSR count). The predicted octanol–water partition coefficient (Wildman–Crippen LogP) is 5.32. The van der Waals surface area contributed by atoms with E-state index < -0.39 is 0 Å². The topological polar surface area (TPSA) is 24.8 Å². The highest BCUT2D eigenvalue weighted by molar-refractivity contribution is 14.0. The van der Waals surface area contributed by atoms with Crippen molar-refractivity contribution >= 4 is 41.6 Å². The number of para-hydroxylation sites is 3. The van der Waals surface area contributed by atoms with E-state index in [0.29, 0.717) is 0 Å². The van der Waals surface area contributed by atoms with Crippen molar-refractivity contribution < 1.29 is 4.74 Å². The van der Waals surface area contributed by atoms with Gasteiger partial charge in [0.15, 0.2) is 5.75 Å². The highest BCUT2D eigenvalue weighted by Crippen LogP contribution is 2.38. The SMILES string of the molecule is CCN1C(=CC=CC=Nc2ccccc2)Oc2ccccc21.I. The molecular weight excluding hydrogens is 399 g/mol. The van der Waals surface area contributed by atoms with E-state index in [-0.39, 0.29) is 24.0 Å². The lowest BCUT2D eigenvalue weighted by molar-refractivity contribution is 0.440. The van der Waals surface area contributed by atoms with Crippen LogP contribution in [0.2, 0.25) is 0 Å². The molecule has 118 valence electrons. The van der Waals surface area contributed by atoms with Crippen molar-refractivity contribution in [1.29, 1.82) is 0 Å². The fraction of sp³-hybridized carbons (Fsp3) is 0.105. The third-order valence-electron chi connectivity index (χ3n) is 3.37. The van der Waals surface area contributed by atoms with Crippen molar-refractivity contribution in [3.8, 4) is 5.75 Å². The van der Waals surface area contributed by atoms with E-state index in [4.69, 9.17) is 4.74 Å². The molecule has 0 bridgehead atoms. The summed E-state index contributed by atoms with van der Waals surface area (Å²) in [5, 5.41) is 0. The summed E-state index contributed by atoms with van der Waals surface area (Å²) in [6, 6.07) is 17.9. The number of hydrogen-bond acceptors (Lipinski definition) is 3. The molecule has 3 nitrogen and oxygen atoms in total. The third-order valence-corrected chi connectivity index (χ3v) is 3.37. The first-order chi connectivity index (χ1) is 10.9. The van der Waals surface area contributed by atoms with Gasteiger partial charge < -0.3 is 9.64 Å². The Balaban J connectivity index is 0.00000192. The predicted molar refractivity (Wildman–Crippen MR) is 107 cm³/mol. The van der Waals surface area contributed by atoms with E-state index in [1.807, 2.05) is 66.8 Å². The summed E-state index contributed by atoms with van der Waals surface area (Å²) in [7, 11) is 0. The van der Waals surface area contributed by atoms with Gasteiger partial charge >= 0.3 is 0 Å². The van der Waals surface area contributed by atoms with Crippen LogP contribution in [0, 0.1) is 0 Å². The Labute approximate surface area is 154 Å². The van der Waals surface area contributed by atoms with E-state index in [1.54, 1.807) is 6.21 Å². The number of nitrogens with zero attached hydrogens (tertiary/aromatic N) is 2. The second-order valence-electron chi connectivity index (χ2n) is 4.82. The Hall–Kier alpha value is -2.08. The second kappa shape index (κ2) is 8.53.